The van der Waals surface area contributed by atoms with Crippen molar-refractivity contribution in [2.24, 2.45) is 5.41 Å². The van der Waals surface area contributed by atoms with Crippen LogP contribution in [0.4, 0.5) is 0 Å². The van der Waals surface area contributed by atoms with Crippen LogP contribution in [0.1, 0.15) is 46.6 Å². The van der Waals surface area contributed by atoms with Crippen molar-refractivity contribution in [1.29, 1.82) is 0 Å². The van der Waals surface area contributed by atoms with Gasteiger partial charge in [-0.2, -0.15) is 0 Å². The molecule has 0 aromatic heterocycles. The summed E-state index contributed by atoms with van der Waals surface area (Å²) in [5.41, 5.74) is 0.755. The second-order valence-corrected chi connectivity index (χ2v) is 7.00. The maximum Gasteiger partial charge on any atom is 0.337 e. The van der Waals surface area contributed by atoms with E-state index in [9.17, 15) is 9.59 Å². The average Bonchev–Trinajstić information content (AvgIpc) is 2.73. The Morgan fingerprint density at radius 3 is 2.35 bits per heavy atom. The molecular formula is C18H24O5. The van der Waals surface area contributed by atoms with Gasteiger partial charge in [0.15, 0.2) is 6.10 Å². The summed E-state index contributed by atoms with van der Waals surface area (Å²) in [6.07, 6.45) is 0.685. The minimum atomic E-state index is -0.895. The summed E-state index contributed by atoms with van der Waals surface area (Å²) in [5.74, 6) is -1.04. The van der Waals surface area contributed by atoms with Gasteiger partial charge in [0.1, 0.15) is 5.75 Å². The van der Waals surface area contributed by atoms with Gasteiger partial charge in [0.05, 0.1) is 0 Å². The van der Waals surface area contributed by atoms with Crippen molar-refractivity contribution in [3.8, 4) is 5.75 Å². The fourth-order valence-electron chi connectivity index (χ4n) is 2.30. The van der Waals surface area contributed by atoms with Crippen LogP contribution in [0.15, 0.2) is 24.3 Å². The van der Waals surface area contributed by atoms with Gasteiger partial charge in [-0.3, -0.25) is 4.79 Å². The van der Waals surface area contributed by atoms with E-state index in [1.54, 1.807) is 19.1 Å². The molecule has 5 nitrogen and oxygen atoms in total. The van der Waals surface area contributed by atoms with Crippen LogP contribution in [0.5, 0.6) is 5.75 Å². The molecule has 1 fully saturated rings. The van der Waals surface area contributed by atoms with Crippen LogP contribution in [0.2, 0.25) is 0 Å². The molecule has 2 atom stereocenters. The molecule has 1 aromatic carbocycles. The Bertz CT molecular complexity index is 584. The minimum Gasteiger partial charge on any atom is -0.431 e. The monoisotopic (exact) mass is 320 g/mol. The van der Waals surface area contributed by atoms with Crippen molar-refractivity contribution < 1.29 is 23.8 Å². The SMILES string of the molecule is CC(=O)Oc1ccc(CC[C@@H]2O[C@@](C)(C(C)(C)C)OC2=O)cc1. The van der Waals surface area contributed by atoms with Crippen molar-refractivity contribution in [3.05, 3.63) is 29.8 Å². The van der Waals surface area contributed by atoms with E-state index in [4.69, 9.17) is 14.2 Å². The van der Waals surface area contributed by atoms with E-state index in [1.807, 2.05) is 32.9 Å². The highest BCUT2D eigenvalue weighted by Gasteiger charge is 2.51. The average molecular weight is 320 g/mol. The third-order valence-electron chi connectivity index (χ3n) is 4.17. The largest absolute Gasteiger partial charge is 0.431 e. The van der Waals surface area contributed by atoms with Gasteiger partial charge in [-0.05, 0) is 30.5 Å². The summed E-state index contributed by atoms with van der Waals surface area (Å²) in [6.45, 7) is 9.12. The maximum atomic E-state index is 12.0. The molecule has 23 heavy (non-hydrogen) atoms. The van der Waals surface area contributed by atoms with Gasteiger partial charge in [0, 0.05) is 19.3 Å². The van der Waals surface area contributed by atoms with E-state index < -0.39 is 11.9 Å². The molecule has 1 aliphatic heterocycles. The Hall–Kier alpha value is -1.88. The highest BCUT2D eigenvalue weighted by atomic mass is 16.8. The van der Waals surface area contributed by atoms with Gasteiger partial charge < -0.3 is 14.2 Å². The predicted molar refractivity (Wildman–Crippen MR) is 84.9 cm³/mol. The van der Waals surface area contributed by atoms with Crippen LogP contribution < -0.4 is 4.74 Å². The van der Waals surface area contributed by atoms with E-state index in [-0.39, 0.29) is 17.4 Å². The Kier molecular flexibility index (Phi) is 4.80. The molecule has 0 saturated carbocycles. The highest BCUT2D eigenvalue weighted by Crippen LogP contribution is 2.40. The lowest BCUT2D eigenvalue weighted by Crippen LogP contribution is -2.41. The lowest BCUT2D eigenvalue weighted by Gasteiger charge is -2.35. The molecule has 0 N–H and O–H groups in total. The fourth-order valence-corrected chi connectivity index (χ4v) is 2.30. The van der Waals surface area contributed by atoms with Gasteiger partial charge in [-0.25, -0.2) is 4.79 Å². The summed E-state index contributed by atoms with van der Waals surface area (Å²) in [5, 5.41) is 0. The van der Waals surface area contributed by atoms with Crippen molar-refractivity contribution >= 4 is 11.9 Å². The second-order valence-electron chi connectivity index (χ2n) is 7.00. The molecular weight excluding hydrogens is 296 g/mol. The summed E-state index contributed by atoms with van der Waals surface area (Å²) in [7, 11) is 0. The first-order chi connectivity index (χ1) is 10.6. The molecule has 0 unspecified atom stereocenters. The maximum absolute atomic E-state index is 12.0. The van der Waals surface area contributed by atoms with Gasteiger partial charge in [0.25, 0.3) is 0 Å². The highest BCUT2D eigenvalue weighted by molar-refractivity contribution is 5.76. The minimum absolute atomic E-state index is 0.289. The molecule has 0 amide bonds. The standard InChI is InChI=1S/C18H24O5/c1-12(19)21-14-9-6-13(7-10-14)8-11-15-16(20)23-18(5,22-15)17(2,3)4/h6-7,9-10,15H,8,11H2,1-5H3/t15-,18+/m0/s1. The normalized spacial score (nSPS) is 24.4. The number of rotatable bonds is 4. The summed E-state index contributed by atoms with van der Waals surface area (Å²) >= 11 is 0. The molecule has 1 aliphatic rings. The zero-order chi connectivity index (χ0) is 17.3. The molecule has 0 spiro atoms. The molecule has 1 heterocycles. The Morgan fingerprint density at radius 2 is 1.87 bits per heavy atom. The number of carbonyl (C=O) groups is 2. The van der Waals surface area contributed by atoms with E-state index in [0.717, 1.165) is 5.56 Å². The molecule has 1 saturated heterocycles. The zero-order valence-electron chi connectivity index (χ0n) is 14.3. The Balaban J connectivity index is 1.94. The van der Waals surface area contributed by atoms with Crippen molar-refractivity contribution in [1.82, 2.24) is 0 Å². The summed E-state index contributed by atoms with van der Waals surface area (Å²) in [4.78, 5) is 22.9. The number of aryl methyl sites for hydroxylation is 1. The van der Waals surface area contributed by atoms with Crippen molar-refractivity contribution in [3.63, 3.8) is 0 Å². The third kappa shape index (κ3) is 4.10. The van der Waals surface area contributed by atoms with Crippen LogP contribution >= 0.6 is 0 Å². The van der Waals surface area contributed by atoms with Gasteiger partial charge >= 0.3 is 11.9 Å². The van der Waals surface area contributed by atoms with Crippen LogP contribution in [0, 0.1) is 5.41 Å². The first-order valence-electron chi connectivity index (χ1n) is 7.79. The number of cyclic esters (lactones) is 1. The lowest BCUT2D eigenvalue weighted by molar-refractivity contribution is -0.218. The predicted octanol–water partition coefficient (Wildman–Crippen LogP) is 3.25. The summed E-state index contributed by atoms with van der Waals surface area (Å²) < 4.78 is 16.3. The Labute approximate surface area is 136 Å². The quantitative estimate of drug-likeness (QED) is 0.629. The molecule has 0 bridgehead atoms. The molecule has 126 valence electrons. The second kappa shape index (κ2) is 6.32. The number of hydrogen-bond donors (Lipinski definition) is 0. The van der Waals surface area contributed by atoms with Gasteiger partial charge in [-0.1, -0.05) is 32.9 Å². The lowest BCUT2D eigenvalue weighted by atomic mass is 9.87. The summed E-state index contributed by atoms with van der Waals surface area (Å²) in [6, 6.07) is 7.23. The topological polar surface area (TPSA) is 61.8 Å². The third-order valence-corrected chi connectivity index (χ3v) is 4.17. The van der Waals surface area contributed by atoms with Crippen LogP contribution in [-0.2, 0) is 25.5 Å². The van der Waals surface area contributed by atoms with Crippen molar-refractivity contribution in [2.75, 3.05) is 0 Å². The first kappa shape index (κ1) is 17.5. The number of benzene rings is 1. The molecule has 0 aliphatic carbocycles. The number of carbonyl (C=O) groups excluding carboxylic acids is 2. The zero-order valence-corrected chi connectivity index (χ0v) is 14.3. The molecule has 2 rings (SSSR count). The molecule has 1 aromatic rings. The van der Waals surface area contributed by atoms with Gasteiger partial charge in [-0.15, -0.1) is 0 Å². The fraction of sp³-hybridized carbons (Fsp3) is 0.556. The number of ether oxygens (including phenoxy) is 3. The van der Waals surface area contributed by atoms with E-state index >= 15 is 0 Å². The van der Waals surface area contributed by atoms with Crippen LogP contribution in [-0.4, -0.2) is 23.8 Å². The van der Waals surface area contributed by atoms with Crippen LogP contribution in [0.25, 0.3) is 0 Å². The number of esters is 2. The molecule has 5 heteroatoms. The van der Waals surface area contributed by atoms with Crippen molar-refractivity contribution in [2.45, 2.75) is 59.4 Å². The van der Waals surface area contributed by atoms with E-state index in [2.05, 4.69) is 0 Å². The van der Waals surface area contributed by atoms with Gasteiger partial charge in [0.2, 0.25) is 5.79 Å². The first-order valence-corrected chi connectivity index (χ1v) is 7.79. The smallest absolute Gasteiger partial charge is 0.337 e. The van der Waals surface area contributed by atoms with E-state index in [0.29, 0.717) is 18.6 Å². The van der Waals surface area contributed by atoms with Crippen LogP contribution in [0.3, 0.4) is 0 Å². The molecule has 0 radical (unpaired) electrons. The Morgan fingerprint density at radius 1 is 1.26 bits per heavy atom. The number of hydrogen-bond acceptors (Lipinski definition) is 5. The van der Waals surface area contributed by atoms with E-state index in [1.165, 1.54) is 6.92 Å².